The van der Waals surface area contributed by atoms with E-state index >= 15 is 0 Å². The van der Waals surface area contributed by atoms with E-state index in [-0.39, 0.29) is 18.1 Å². The monoisotopic (exact) mass is 298 g/mol. The van der Waals surface area contributed by atoms with Gasteiger partial charge in [0, 0.05) is 25.1 Å². The zero-order valence-electron chi connectivity index (χ0n) is 12.5. The van der Waals surface area contributed by atoms with Crippen molar-refractivity contribution in [2.45, 2.75) is 38.6 Å². The van der Waals surface area contributed by atoms with Crippen LogP contribution in [0.1, 0.15) is 19.2 Å². The smallest absolute Gasteiger partial charge is 0.323 e. The van der Waals surface area contributed by atoms with Gasteiger partial charge in [0.05, 0.1) is 6.54 Å². The van der Waals surface area contributed by atoms with Crippen LogP contribution < -0.4 is 0 Å². The topological polar surface area (TPSA) is 60.2 Å². The SMILES string of the molecule is C[C@@H]1C[C@@H](N2CCn3c(nnc3-c3ccccc3)C2)C(=O)O1. The van der Waals surface area contributed by atoms with E-state index in [0.29, 0.717) is 6.54 Å². The number of cyclic esters (lactones) is 1. The van der Waals surface area contributed by atoms with Crippen molar-refractivity contribution in [3.63, 3.8) is 0 Å². The molecule has 4 rings (SSSR count). The molecule has 1 aromatic carbocycles. The third-order valence-electron chi connectivity index (χ3n) is 4.40. The second-order valence-corrected chi connectivity index (χ2v) is 5.93. The van der Waals surface area contributed by atoms with Crippen molar-refractivity contribution in [1.82, 2.24) is 19.7 Å². The Hall–Kier alpha value is -2.21. The molecule has 22 heavy (non-hydrogen) atoms. The lowest BCUT2D eigenvalue weighted by atomic mass is 10.1. The van der Waals surface area contributed by atoms with E-state index in [1.165, 1.54) is 0 Å². The molecule has 0 radical (unpaired) electrons. The van der Waals surface area contributed by atoms with Crippen molar-refractivity contribution >= 4 is 5.97 Å². The fourth-order valence-electron chi connectivity index (χ4n) is 3.28. The maximum atomic E-state index is 11.9. The van der Waals surface area contributed by atoms with Crippen LogP contribution in [0.25, 0.3) is 11.4 Å². The van der Waals surface area contributed by atoms with E-state index in [9.17, 15) is 4.79 Å². The van der Waals surface area contributed by atoms with Crippen LogP contribution in [0.15, 0.2) is 30.3 Å². The van der Waals surface area contributed by atoms with Gasteiger partial charge in [0.25, 0.3) is 0 Å². The van der Waals surface area contributed by atoms with E-state index in [1.807, 2.05) is 37.3 Å². The first-order chi connectivity index (χ1) is 10.7. The molecule has 0 aliphatic carbocycles. The lowest BCUT2D eigenvalue weighted by molar-refractivity contribution is -0.145. The van der Waals surface area contributed by atoms with Crippen molar-refractivity contribution in [3.8, 4) is 11.4 Å². The number of nitrogens with zero attached hydrogens (tertiary/aromatic N) is 4. The zero-order chi connectivity index (χ0) is 15.1. The predicted molar refractivity (Wildman–Crippen MR) is 79.8 cm³/mol. The second kappa shape index (κ2) is 5.21. The van der Waals surface area contributed by atoms with Gasteiger partial charge in [0.15, 0.2) is 5.82 Å². The van der Waals surface area contributed by atoms with Gasteiger partial charge in [-0.05, 0) is 6.92 Å². The molecule has 0 unspecified atom stereocenters. The molecule has 1 fully saturated rings. The van der Waals surface area contributed by atoms with Crippen LogP contribution in [-0.2, 0) is 22.6 Å². The van der Waals surface area contributed by atoms with Crippen LogP contribution in [0.3, 0.4) is 0 Å². The average Bonchev–Trinajstić information content (AvgIpc) is 3.10. The number of aromatic nitrogens is 3. The first kappa shape index (κ1) is 13.5. The number of hydrogen-bond donors (Lipinski definition) is 0. The fourth-order valence-corrected chi connectivity index (χ4v) is 3.28. The molecular formula is C16H18N4O2. The Balaban J connectivity index is 1.58. The Morgan fingerprint density at radius 1 is 1.18 bits per heavy atom. The number of esters is 1. The highest BCUT2D eigenvalue weighted by Crippen LogP contribution is 2.26. The lowest BCUT2D eigenvalue weighted by Crippen LogP contribution is -2.43. The molecule has 0 N–H and O–H groups in total. The van der Waals surface area contributed by atoms with Crippen LogP contribution in [0.5, 0.6) is 0 Å². The van der Waals surface area contributed by atoms with Crippen molar-refractivity contribution in [2.75, 3.05) is 6.54 Å². The molecule has 0 bridgehead atoms. The fraction of sp³-hybridized carbons (Fsp3) is 0.438. The van der Waals surface area contributed by atoms with E-state index < -0.39 is 0 Å². The van der Waals surface area contributed by atoms with Gasteiger partial charge in [0.2, 0.25) is 0 Å². The molecule has 2 aromatic rings. The first-order valence-corrected chi connectivity index (χ1v) is 7.64. The molecule has 3 heterocycles. The van der Waals surface area contributed by atoms with Crippen molar-refractivity contribution < 1.29 is 9.53 Å². The standard InChI is InChI=1S/C16H18N4O2/c1-11-9-13(16(21)22-11)19-7-8-20-14(10-19)17-18-15(20)12-5-3-2-4-6-12/h2-6,11,13H,7-10H2,1H3/t11-,13-/m1/s1. The van der Waals surface area contributed by atoms with Gasteiger partial charge in [-0.3, -0.25) is 9.69 Å². The molecule has 114 valence electrons. The lowest BCUT2D eigenvalue weighted by Gasteiger charge is -2.30. The maximum Gasteiger partial charge on any atom is 0.323 e. The van der Waals surface area contributed by atoms with Crippen LogP contribution in [0.2, 0.25) is 0 Å². The molecule has 1 saturated heterocycles. The van der Waals surface area contributed by atoms with Gasteiger partial charge in [0.1, 0.15) is 18.0 Å². The Morgan fingerprint density at radius 3 is 2.73 bits per heavy atom. The average molecular weight is 298 g/mol. The van der Waals surface area contributed by atoms with Crippen molar-refractivity contribution in [3.05, 3.63) is 36.2 Å². The summed E-state index contributed by atoms with van der Waals surface area (Å²) in [7, 11) is 0. The largest absolute Gasteiger partial charge is 0.461 e. The minimum atomic E-state index is -0.138. The van der Waals surface area contributed by atoms with Crippen LogP contribution in [-0.4, -0.2) is 44.3 Å². The number of fused-ring (bicyclic) bond motifs is 1. The molecule has 1 aromatic heterocycles. The highest BCUT2D eigenvalue weighted by Gasteiger charge is 2.38. The van der Waals surface area contributed by atoms with E-state index in [0.717, 1.165) is 36.7 Å². The summed E-state index contributed by atoms with van der Waals surface area (Å²) in [5.41, 5.74) is 1.07. The number of hydrogen-bond acceptors (Lipinski definition) is 5. The summed E-state index contributed by atoms with van der Waals surface area (Å²) in [4.78, 5) is 14.1. The van der Waals surface area contributed by atoms with Gasteiger partial charge in [-0.25, -0.2) is 0 Å². The molecule has 2 atom stereocenters. The summed E-state index contributed by atoms with van der Waals surface area (Å²) in [5, 5.41) is 8.65. The summed E-state index contributed by atoms with van der Waals surface area (Å²) >= 11 is 0. The summed E-state index contributed by atoms with van der Waals surface area (Å²) in [5.74, 6) is 1.71. The Kier molecular flexibility index (Phi) is 3.18. The zero-order valence-corrected chi connectivity index (χ0v) is 12.5. The highest BCUT2D eigenvalue weighted by molar-refractivity contribution is 5.78. The number of ether oxygens (including phenoxy) is 1. The van der Waals surface area contributed by atoms with E-state index in [2.05, 4.69) is 19.7 Å². The first-order valence-electron chi connectivity index (χ1n) is 7.64. The van der Waals surface area contributed by atoms with Crippen LogP contribution in [0.4, 0.5) is 0 Å². The molecule has 6 nitrogen and oxygen atoms in total. The molecule has 0 spiro atoms. The number of carbonyl (C=O) groups is 1. The summed E-state index contributed by atoms with van der Waals surface area (Å²) in [6, 6.07) is 9.94. The van der Waals surface area contributed by atoms with Gasteiger partial charge in [-0.15, -0.1) is 10.2 Å². The maximum absolute atomic E-state index is 11.9. The summed E-state index contributed by atoms with van der Waals surface area (Å²) in [6.07, 6.45) is 0.774. The van der Waals surface area contributed by atoms with Crippen molar-refractivity contribution in [2.24, 2.45) is 0 Å². The Bertz CT molecular complexity index is 697. The number of benzene rings is 1. The minimum Gasteiger partial charge on any atom is -0.461 e. The second-order valence-electron chi connectivity index (χ2n) is 5.93. The molecule has 2 aliphatic rings. The number of carbonyl (C=O) groups excluding carboxylic acids is 1. The Morgan fingerprint density at radius 2 is 2.00 bits per heavy atom. The molecule has 2 aliphatic heterocycles. The van der Waals surface area contributed by atoms with Crippen molar-refractivity contribution in [1.29, 1.82) is 0 Å². The van der Waals surface area contributed by atoms with Gasteiger partial charge in [-0.2, -0.15) is 0 Å². The molecular weight excluding hydrogens is 280 g/mol. The normalized spacial score (nSPS) is 25.0. The molecule has 0 saturated carbocycles. The third-order valence-corrected chi connectivity index (χ3v) is 4.40. The molecule has 6 heteroatoms. The Labute approximate surface area is 128 Å². The highest BCUT2D eigenvalue weighted by atomic mass is 16.6. The summed E-state index contributed by atoms with van der Waals surface area (Å²) in [6.45, 7) is 4.20. The quantitative estimate of drug-likeness (QED) is 0.786. The van der Waals surface area contributed by atoms with E-state index in [1.54, 1.807) is 0 Å². The van der Waals surface area contributed by atoms with Gasteiger partial charge < -0.3 is 9.30 Å². The summed E-state index contributed by atoms with van der Waals surface area (Å²) < 4.78 is 7.41. The van der Waals surface area contributed by atoms with Crippen LogP contribution >= 0.6 is 0 Å². The van der Waals surface area contributed by atoms with E-state index in [4.69, 9.17) is 4.74 Å². The van der Waals surface area contributed by atoms with Gasteiger partial charge in [-0.1, -0.05) is 30.3 Å². The third kappa shape index (κ3) is 2.20. The predicted octanol–water partition coefficient (Wildman–Crippen LogP) is 1.46. The van der Waals surface area contributed by atoms with Gasteiger partial charge >= 0.3 is 5.97 Å². The van der Waals surface area contributed by atoms with Crippen LogP contribution in [0, 0.1) is 0 Å². The molecule has 0 amide bonds. The minimum absolute atomic E-state index is 0.0113. The number of rotatable bonds is 2.